The van der Waals surface area contributed by atoms with Gasteiger partial charge in [0, 0.05) is 19.6 Å². The predicted molar refractivity (Wildman–Crippen MR) is 64.7 cm³/mol. The lowest BCUT2D eigenvalue weighted by Crippen LogP contribution is -2.09. The molecule has 1 aromatic rings. The Balaban J connectivity index is 2.90. The van der Waals surface area contributed by atoms with Crippen molar-refractivity contribution in [3.05, 3.63) is 16.4 Å². The Morgan fingerprint density at radius 2 is 2.33 bits per heavy atom. The molecule has 8 heteroatoms. The van der Waals surface area contributed by atoms with Crippen molar-refractivity contribution in [1.29, 1.82) is 0 Å². The van der Waals surface area contributed by atoms with Crippen molar-refractivity contribution >= 4 is 11.5 Å². The number of anilines is 1. The van der Waals surface area contributed by atoms with Gasteiger partial charge in [0.1, 0.15) is 6.33 Å². The number of aromatic nitrogens is 2. The summed E-state index contributed by atoms with van der Waals surface area (Å²) in [5.41, 5.74) is -0.274. The summed E-state index contributed by atoms with van der Waals surface area (Å²) in [4.78, 5) is 18.0. The molecule has 2 N–H and O–H groups in total. The first kappa shape index (κ1) is 14.1. The highest BCUT2D eigenvalue weighted by molar-refractivity contribution is 5.60. The number of aliphatic hydroxyl groups excluding tert-OH is 1. The molecule has 0 radical (unpaired) electrons. The van der Waals surface area contributed by atoms with Crippen LogP contribution in [0.2, 0.25) is 0 Å². The number of nitrogens with zero attached hydrogens (tertiary/aromatic N) is 3. The standard InChI is InChI=1S/C10H16N4O4/c1-2-4-11-9-8(14(16)17)10(13-7-12-9)18-6-3-5-15/h7,15H,2-6H2,1H3,(H,11,12,13). The maximum Gasteiger partial charge on any atom is 0.372 e. The lowest BCUT2D eigenvalue weighted by Gasteiger charge is -2.08. The Labute approximate surface area is 104 Å². The van der Waals surface area contributed by atoms with Crippen molar-refractivity contribution in [2.45, 2.75) is 19.8 Å². The first-order valence-electron chi connectivity index (χ1n) is 5.67. The van der Waals surface area contributed by atoms with Crippen molar-refractivity contribution in [3.8, 4) is 5.88 Å². The summed E-state index contributed by atoms with van der Waals surface area (Å²) >= 11 is 0. The van der Waals surface area contributed by atoms with Crippen LogP contribution in [0.15, 0.2) is 6.33 Å². The van der Waals surface area contributed by atoms with Gasteiger partial charge >= 0.3 is 5.69 Å². The number of ether oxygens (including phenoxy) is 1. The van der Waals surface area contributed by atoms with Crippen molar-refractivity contribution < 1.29 is 14.8 Å². The third-order valence-electron chi connectivity index (χ3n) is 2.05. The van der Waals surface area contributed by atoms with E-state index in [1.165, 1.54) is 6.33 Å². The van der Waals surface area contributed by atoms with E-state index in [1.54, 1.807) is 0 Å². The summed E-state index contributed by atoms with van der Waals surface area (Å²) in [6.45, 7) is 2.65. The van der Waals surface area contributed by atoms with Gasteiger partial charge in [-0.1, -0.05) is 6.92 Å². The van der Waals surface area contributed by atoms with Crippen molar-refractivity contribution in [2.75, 3.05) is 25.1 Å². The fourth-order valence-electron chi connectivity index (χ4n) is 1.24. The third kappa shape index (κ3) is 3.81. The molecule has 1 aromatic heterocycles. The molecule has 0 amide bonds. The second kappa shape index (κ2) is 7.38. The highest BCUT2D eigenvalue weighted by Gasteiger charge is 2.23. The quantitative estimate of drug-likeness (QED) is 0.405. The van der Waals surface area contributed by atoms with Gasteiger partial charge in [0.05, 0.1) is 11.5 Å². The van der Waals surface area contributed by atoms with Gasteiger partial charge < -0.3 is 15.2 Å². The minimum Gasteiger partial charge on any atom is -0.473 e. The predicted octanol–water partition coefficient (Wildman–Crippen LogP) is 0.968. The maximum absolute atomic E-state index is 11.0. The smallest absolute Gasteiger partial charge is 0.372 e. The van der Waals surface area contributed by atoms with Gasteiger partial charge in [-0.2, -0.15) is 4.98 Å². The molecular formula is C10H16N4O4. The zero-order chi connectivity index (χ0) is 13.4. The Morgan fingerprint density at radius 1 is 1.56 bits per heavy atom. The molecule has 1 heterocycles. The normalized spacial score (nSPS) is 10.1. The molecule has 0 bridgehead atoms. The molecule has 0 unspecified atom stereocenters. The van der Waals surface area contributed by atoms with Gasteiger partial charge in [0.2, 0.25) is 5.82 Å². The summed E-state index contributed by atoms with van der Waals surface area (Å²) < 4.78 is 5.17. The lowest BCUT2D eigenvalue weighted by atomic mass is 10.4. The number of nitro groups is 1. The SMILES string of the molecule is CCCNc1ncnc(OCCCO)c1[N+](=O)[O-]. The van der Waals surface area contributed by atoms with Crippen LogP contribution >= 0.6 is 0 Å². The van der Waals surface area contributed by atoms with E-state index in [2.05, 4.69) is 15.3 Å². The van der Waals surface area contributed by atoms with E-state index >= 15 is 0 Å². The zero-order valence-electron chi connectivity index (χ0n) is 10.1. The molecule has 18 heavy (non-hydrogen) atoms. The van der Waals surface area contributed by atoms with Crippen LogP contribution in [0.1, 0.15) is 19.8 Å². The third-order valence-corrected chi connectivity index (χ3v) is 2.05. The van der Waals surface area contributed by atoms with Crippen LogP contribution in [0, 0.1) is 10.1 Å². The monoisotopic (exact) mass is 256 g/mol. The van der Waals surface area contributed by atoms with E-state index in [-0.39, 0.29) is 30.6 Å². The van der Waals surface area contributed by atoms with Crippen LogP contribution < -0.4 is 10.1 Å². The van der Waals surface area contributed by atoms with Gasteiger partial charge in [0.15, 0.2) is 0 Å². The van der Waals surface area contributed by atoms with E-state index in [0.717, 1.165) is 6.42 Å². The Bertz CT molecular complexity index is 399. The first-order valence-corrected chi connectivity index (χ1v) is 5.67. The summed E-state index contributed by atoms with van der Waals surface area (Å²) in [7, 11) is 0. The zero-order valence-corrected chi connectivity index (χ0v) is 10.1. The summed E-state index contributed by atoms with van der Waals surface area (Å²) in [5.74, 6) is 0.0675. The molecule has 0 fully saturated rings. The van der Waals surface area contributed by atoms with Crippen LogP contribution in [-0.4, -0.2) is 39.8 Å². The molecule has 0 aromatic carbocycles. The minimum atomic E-state index is -0.577. The van der Waals surface area contributed by atoms with E-state index in [9.17, 15) is 10.1 Å². The Kier molecular flexibility index (Phi) is 5.78. The molecule has 0 saturated heterocycles. The van der Waals surface area contributed by atoms with Crippen molar-refractivity contribution in [3.63, 3.8) is 0 Å². The second-order valence-corrected chi connectivity index (χ2v) is 3.49. The summed E-state index contributed by atoms with van der Waals surface area (Å²) in [6, 6.07) is 0. The van der Waals surface area contributed by atoms with Crippen LogP contribution in [0.3, 0.4) is 0 Å². The average molecular weight is 256 g/mol. The van der Waals surface area contributed by atoms with Gasteiger partial charge in [-0.25, -0.2) is 4.98 Å². The summed E-state index contributed by atoms with van der Waals surface area (Å²) in [5, 5.41) is 22.5. The average Bonchev–Trinajstić information content (AvgIpc) is 2.36. The molecule has 100 valence electrons. The number of aliphatic hydroxyl groups is 1. The fourth-order valence-corrected chi connectivity index (χ4v) is 1.24. The number of rotatable bonds is 8. The number of hydrogen-bond donors (Lipinski definition) is 2. The van der Waals surface area contributed by atoms with Gasteiger partial charge in [-0.15, -0.1) is 0 Å². The fraction of sp³-hybridized carbons (Fsp3) is 0.600. The molecule has 0 saturated carbocycles. The van der Waals surface area contributed by atoms with E-state index in [4.69, 9.17) is 9.84 Å². The van der Waals surface area contributed by atoms with Crippen molar-refractivity contribution in [1.82, 2.24) is 9.97 Å². The number of nitrogens with one attached hydrogen (secondary N) is 1. The Morgan fingerprint density at radius 3 is 2.94 bits per heavy atom. The van der Waals surface area contributed by atoms with E-state index < -0.39 is 4.92 Å². The van der Waals surface area contributed by atoms with Crippen LogP contribution in [-0.2, 0) is 0 Å². The van der Waals surface area contributed by atoms with Crippen LogP contribution in [0.5, 0.6) is 5.88 Å². The highest BCUT2D eigenvalue weighted by Crippen LogP contribution is 2.30. The molecule has 0 atom stereocenters. The van der Waals surface area contributed by atoms with Crippen molar-refractivity contribution in [2.24, 2.45) is 0 Å². The second-order valence-electron chi connectivity index (χ2n) is 3.49. The van der Waals surface area contributed by atoms with E-state index in [1.807, 2.05) is 6.92 Å². The maximum atomic E-state index is 11.0. The molecular weight excluding hydrogens is 240 g/mol. The topological polar surface area (TPSA) is 110 Å². The van der Waals surface area contributed by atoms with Crippen LogP contribution in [0.25, 0.3) is 0 Å². The summed E-state index contributed by atoms with van der Waals surface area (Å²) in [6.07, 6.45) is 2.42. The van der Waals surface area contributed by atoms with Crippen LogP contribution in [0.4, 0.5) is 11.5 Å². The minimum absolute atomic E-state index is 0.0418. The molecule has 1 rings (SSSR count). The van der Waals surface area contributed by atoms with Gasteiger partial charge in [-0.05, 0) is 6.42 Å². The molecule has 0 aliphatic heterocycles. The van der Waals surface area contributed by atoms with Gasteiger partial charge in [0.25, 0.3) is 5.88 Å². The number of hydrogen-bond acceptors (Lipinski definition) is 7. The van der Waals surface area contributed by atoms with Gasteiger partial charge in [-0.3, -0.25) is 10.1 Å². The lowest BCUT2D eigenvalue weighted by molar-refractivity contribution is -0.385. The molecule has 0 aliphatic rings. The molecule has 8 nitrogen and oxygen atoms in total. The van der Waals surface area contributed by atoms with E-state index in [0.29, 0.717) is 13.0 Å². The molecule has 0 spiro atoms. The first-order chi connectivity index (χ1) is 8.70. The highest BCUT2D eigenvalue weighted by atomic mass is 16.6. The largest absolute Gasteiger partial charge is 0.473 e. The molecule has 0 aliphatic carbocycles. The Hall–Kier alpha value is -1.96.